The zero-order valence-electron chi connectivity index (χ0n) is 18.0. The third-order valence-electron chi connectivity index (χ3n) is 5.92. The van der Waals surface area contributed by atoms with Gasteiger partial charge in [0.2, 0.25) is 5.72 Å². The quantitative estimate of drug-likeness (QED) is 0.444. The molecule has 2 bridgehead atoms. The maximum absolute atomic E-state index is 13.8. The molecule has 6 nitrogen and oxygen atoms in total. The minimum atomic E-state index is -0.727. The number of hydrogen-bond donors (Lipinski definition) is 0. The molecule has 172 valence electrons. The van der Waals surface area contributed by atoms with Crippen LogP contribution in [-0.2, 0) is 6.61 Å². The van der Waals surface area contributed by atoms with Crippen molar-refractivity contribution in [3.8, 4) is 11.7 Å². The molecule has 6 rings (SSSR count). The molecule has 0 saturated carbocycles. The van der Waals surface area contributed by atoms with Gasteiger partial charge in [-0.2, -0.15) is 0 Å². The molecule has 0 saturated heterocycles. The monoisotopic (exact) mass is 480 g/mol. The Hall–Kier alpha value is -3.72. The summed E-state index contributed by atoms with van der Waals surface area (Å²) in [6.07, 6.45) is 2.21. The summed E-state index contributed by atoms with van der Waals surface area (Å²) in [7, 11) is 0. The second-order valence-electron chi connectivity index (χ2n) is 8.40. The molecule has 2 aliphatic heterocycles. The van der Waals surface area contributed by atoms with Crippen LogP contribution in [0.1, 0.15) is 36.3 Å². The molecule has 34 heavy (non-hydrogen) atoms. The first-order chi connectivity index (χ1) is 16.4. The summed E-state index contributed by atoms with van der Waals surface area (Å²) in [6.45, 7) is 1.81. The number of hydrogen-bond acceptors (Lipinski definition) is 6. The number of para-hydroxylation sites is 1. The Labute approximate surface area is 196 Å². The van der Waals surface area contributed by atoms with Gasteiger partial charge in [-0.05, 0) is 31.2 Å². The molecule has 0 spiro atoms. The van der Waals surface area contributed by atoms with Crippen molar-refractivity contribution in [1.82, 2.24) is 4.57 Å². The third kappa shape index (κ3) is 3.52. The lowest BCUT2D eigenvalue weighted by Gasteiger charge is -2.39. The highest BCUT2D eigenvalue weighted by Gasteiger charge is 2.42. The Balaban J connectivity index is 1.32. The zero-order valence-corrected chi connectivity index (χ0v) is 18.8. The number of furan rings is 1. The molecule has 0 amide bonds. The van der Waals surface area contributed by atoms with Gasteiger partial charge in [-0.1, -0.05) is 29.5 Å². The highest BCUT2D eigenvalue weighted by atomic mass is 32.1. The molecule has 0 fully saturated rings. The van der Waals surface area contributed by atoms with E-state index in [0.29, 0.717) is 21.5 Å². The van der Waals surface area contributed by atoms with E-state index in [1.165, 1.54) is 23.5 Å². The van der Waals surface area contributed by atoms with E-state index in [0.717, 1.165) is 17.4 Å². The SMILES string of the molecule is C[C@]12C[C@H](c3ccccc3O1)n1c(s/c(=C\c3ccc(OCc4ccc(F)cc4F)o3)c1=O)=N2. The maximum Gasteiger partial charge on any atom is 0.285 e. The normalized spacial score (nSPS) is 20.8. The number of halogens is 2. The van der Waals surface area contributed by atoms with Gasteiger partial charge >= 0.3 is 0 Å². The molecule has 4 heterocycles. The van der Waals surface area contributed by atoms with E-state index in [-0.39, 0.29) is 29.7 Å². The van der Waals surface area contributed by atoms with Crippen molar-refractivity contribution in [2.24, 2.45) is 4.99 Å². The fourth-order valence-electron chi connectivity index (χ4n) is 4.34. The van der Waals surface area contributed by atoms with Crippen LogP contribution in [0.25, 0.3) is 6.08 Å². The predicted octanol–water partition coefficient (Wildman–Crippen LogP) is 3.91. The van der Waals surface area contributed by atoms with Gasteiger partial charge in [0.15, 0.2) is 4.80 Å². The number of nitrogens with zero attached hydrogens (tertiary/aromatic N) is 2. The molecule has 0 radical (unpaired) electrons. The second-order valence-corrected chi connectivity index (χ2v) is 9.41. The van der Waals surface area contributed by atoms with Gasteiger partial charge in [0.25, 0.3) is 11.5 Å². The lowest BCUT2D eigenvalue weighted by molar-refractivity contribution is 0.0410. The topological polar surface area (TPSA) is 66.0 Å². The summed E-state index contributed by atoms with van der Waals surface area (Å²) >= 11 is 1.27. The van der Waals surface area contributed by atoms with Gasteiger partial charge in [0.1, 0.15) is 29.8 Å². The van der Waals surface area contributed by atoms with Gasteiger partial charge in [-0.15, -0.1) is 0 Å². The standard InChI is InChI=1S/C25H18F2N2O4S/c1-25-12-19(17-4-2-3-5-20(17)33-25)29-23(30)21(34-24(29)28-25)11-16-8-9-22(32-16)31-13-14-6-7-15(26)10-18(14)27/h2-11,19H,12-13H2,1H3/b21-11-/t19-,25-/m1/s1. The highest BCUT2D eigenvalue weighted by Crippen LogP contribution is 2.42. The minimum absolute atomic E-state index is 0.117. The Bertz CT molecular complexity index is 1610. The van der Waals surface area contributed by atoms with Crippen LogP contribution < -0.4 is 24.4 Å². The summed E-state index contributed by atoms with van der Waals surface area (Å²) in [6, 6.07) is 14.1. The van der Waals surface area contributed by atoms with Crippen LogP contribution in [0.5, 0.6) is 11.7 Å². The number of ether oxygens (including phenoxy) is 2. The van der Waals surface area contributed by atoms with Crippen molar-refractivity contribution in [2.75, 3.05) is 0 Å². The van der Waals surface area contributed by atoms with Crippen molar-refractivity contribution < 1.29 is 22.7 Å². The zero-order chi connectivity index (χ0) is 23.4. The minimum Gasteiger partial charge on any atom is -0.466 e. The van der Waals surface area contributed by atoms with E-state index < -0.39 is 17.4 Å². The summed E-state index contributed by atoms with van der Waals surface area (Å²) in [5.74, 6) is -0.0299. The van der Waals surface area contributed by atoms with Crippen molar-refractivity contribution in [1.29, 1.82) is 0 Å². The number of benzene rings is 2. The molecule has 0 N–H and O–H groups in total. The summed E-state index contributed by atoms with van der Waals surface area (Å²) < 4.78 is 46.3. The number of rotatable bonds is 4. The molecule has 2 aliphatic rings. The van der Waals surface area contributed by atoms with E-state index in [1.54, 1.807) is 22.8 Å². The highest BCUT2D eigenvalue weighted by molar-refractivity contribution is 7.07. The van der Waals surface area contributed by atoms with Crippen molar-refractivity contribution in [3.05, 3.63) is 103 Å². The molecule has 9 heteroatoms. The van der Waals surface area contributed by atoms with E-state index in [2.05, 4.69) is 0 Å². The fourth-order valence-corrected chi connectivity index (χ4v) is 5.45. The maximum atomic E-state index is 13.8. The lowest BCUT2D eigenvalue weighted by atomic mass is 9.93. The van der Waals surface area contributed by atoms with Crippen molar-refractivity contribution >= 4 is 17.4 Å². The van der Waals surface area contributed by atoms with Crippen LogP contribution in [0, 0.1) is 11.6 Å². The van der Waals surface area contributed by atoms with E-state index in [4.69, 9.17) is 18.9 Å². The predicted molar refractivity (Wildman–Crippen MR) is 121 cm³/mol. The Morgan fingerprint density at radius 1 is 1.24 bits per heavy atom. The number of fused-ring (bicyclic) bond motifs is 6. The number of thiazole rings is 1. The smallest absolute Gasteiger partial charge is 0.285 e. The van der Waals surface area contributed by atoms with Crippen LogP contribution >= 0.6 is 11.3 Å². The lowest BCUT2D eigenvalue weighted by Crippen LogP contribution is -2.49. The van der Waals surface area contributed by atoms with Crippen LogP contribution in [0.2, 0.25) is 0 Å². The van der Waals surface area contributed by atoms with Crippen LogP contribution in [-0.4, -0.2) is 10.3 Å². The second kappa shape index (κ2) is 7.66. The molecule has 2 atom stereocenters. The molecule has 4 aromatic rings. The summed E-state index contributed by atoms with van der Waals surface area (Å²) in [5.41, 5.74) is 0.287. The van der Waals surface area contributed by atoms with Gasteiger partial charge in [0.05, 0.1) is 10.6 Å². The average Bonchev–Trinajstić information content (AvgIpc) is 3.36. The van der Waals surface area contributed by atoms with E-state index in [9.17, 15) is 13.6 Å². The summed E-state index contributed by atoms with van der Waals surface area (Å²) in [4.78, 5) is 18.6. The average molecular weight is 480 g/mol. The van der Waals surface area contributed by atoms with Gasteiger partial charge < -0.3 is 13.9 Å². The molecule has 0 unspecified atom stereocenters. The van der Waals surface area contributed by atoms with Gasteiger partial charge in [-0.3, -0.25) is 9.36 Å². The molecule has 2 aromatic heterocycles. The molecule has 0 aliphatic carbocycles. The first kappa shape index (κ1) is 20.9. The van der Waals surface area contributed by atoms with Crippen LogP contribution in [0.15, 0.2) is 68.8 Å². The van der Waals surface area contributed by atoms with E-state index >= 15 is 0 Å². The Morgan fingerprint density at radius 2 is 2.09 bits per heavy atom. The van der Waals surface area contributed by atoms with Crippen molar-refractivity contribution in [2.45, 2.75) is 31.7 Å². The van der Waals surface area contributed by atoms with Crippen LogP contribution in [0.3, 0.4) is 0 Å². The molecular formula is C25H18F2N2O4S. The van der Waals surface area contributed by atoms with Gasteiger partial charge in [0, 0.05) is 35.8 Å². The first-order valence-corrected chi connectivity index (χ1v) is 11.5. The summed E-state index contributed by atoms with van der Waals surface area (Å²) in [5, 5.41) is 0. The molecule has 2 aromatic carbocycles. The van der Waals surface area contributed by atoms with Crippen LogP contribution in [0.4, 0.5) is 8.78 Å². The first-order valence-electron chi connectivity index (χ1n) is 10.7. The molecular weight excluding hydrogens is 462 g/mol. The largest absolute Gasteiger partial charge is 0.466 e. The Kier molecular flexibility index (Phi) is 4.70. The van der Waals surface area contributed by atoms with Crippen molar-refractivity contribution in [3.63, 3.8) is 0 Å². The van der Waals surface area contributed by atoms with E-state index in [1.807, 2.05) is 31.2 Å². The Morgan fingerprint density at radius 3 is 2.94 bits per heavy atom. The number of aromatic nitrogens is 1. The van der Waals surface area contributed by atoms with Gasteiger partial charge in [-0.25, -0.2) is 13.8 Å². The third-order valence-corrected chi connectivity index (χ3v) is 6.90. The fraction of sp³-hybridized carbons (Fsp3) is 0.200.